The minimum absolute atomic E-state index is 0.0101. The Labute approximate surface area is 189 Å². The van der Waals surface area contributed by atoms with E-state index in [-0.39, 0.29) is 23.5 Å². The molecule has 1 aliphatic carbocycles. The van der Waals surface area contributed by atoms with Crippen LogP contribution >= 0.6 is 0 Å². The molecule has 0 N–H and O–H groups in total. The highest BCUT2D eigenvalue weighted by atomic mass is 19.1. The van der Waals surface area contributed by atoms with E-state index in [2.05, 4.69) is 12.2 Å². The van der Waals surface area contributed by atoms with Gasteiger partial charge in [-0.1, -0.05) is 54.6 Å². The van der Waals surface area contributed by atoms with Crippen LogP contribution in [-0.2, 0) is 16.0 Å². The lowest BCUT2D eigenvalue weighted by molar-refractivity contribution is -0.140. The molecule has 1 aliphatic heterocycles. The summed E-state index contributed by atoms with van der Waals surface area (Å²) < 4.78 is 14.6. The minimum Gasteiger partial charge on any atom is -0.348 e. The van der Waals surface area contributed by atoms with Crippen LogP contribution in [0, 0.1) is 17.2 Å². The second-order valence-electron chi connectivity index (χ2n) is 9.28. The number of likely N-dealkylation sites (tertiary alicyclic amines) is 1. The SMILES string of the molecule is CN(C)C(=O)C1(Cc2ccccc2-c2ccccc2F)CCN(C(=O)C2CC=CCC2)C1. The van der Waals surface area contributed by atoms with Crippen LogP contribution in [0.5, 0.6) is 0 Å². The first-order chi connectivity index (χ1) is 15.4. The predicted octanol–water partition coefficient (Wildman–Crippen LogP) is 4.70. The summed E-state index contributed by atoms with van der Waals surface area (Å²) in [6.45, 7) is 0.995. The van der Waals surface area contributed by atoms with Crippen LogP contribution in [0.25, 0.3) is 11.1 Å². The van der Waals surface area contributed by atoms with Gasteiger partial charge in [0, 0.05) is 38.7 Å². The van der Waals surface area contributed by atoms with Gasteiger partial charge in [-0.15, -0.1) is 0 Å². The van der Waals surface area contributed by atoms with Crippen LogP contribution < -0.4 is 0 Å². The number of rotatable bonds is 5. The van der Waals surface area contributed by atoms with Gasteiger partial charge in [0.15, 0.2) is 0 Å². The summed E-state index contributed by atoms with van der Waals surface area (Å²) in [7, 11) is 3.53. The molecule has 1 fully saturated rings. The number of halogens is 1. The summed E-state index contributed by atoms with van der Waals surface area (Å²) in [6, 6.07) is 14.4. The third-order valence-corrected chi connectivity index (χ3v) is 6.85. The number of benzene rings is 2. The largest absolute Gasteiger partial charge is 0.348 e. The highest BCUT2D eigenvalue weighted by molar-refractivity contribution is 5.86. The predicted molar refractivity (Wildman–Crippen MR) is 124 cm³/mol. The summed E-state index contributed by atoms with van der Waals surface area (Å²) in [5, 5.41) is 0. The summed E-state index contributed by atoms with van der Waals surface area (Å²) >= 11 is 0. The van der Waals surface area contributed by atoms with Gasteiger partial charge in [-0.3, -0.25) is 9.59 Å². The van der Waals surface area contributed by atoms with Gasteiger partial charge >= 0.3 is 0 Å². The van der Waals surface area contributed by atoms with Crippen molar-refractivity contribution in [2.75, 3.05) is 27.2 Å². The average molecular weight is 435 g/mol. The zero-order valence-electron chi connectivity index (χ0n) is 18.9. The Kier molecular flexibility index (Phi) is 6.45. The van der Waals surface area contributed by atoms with E-state index in [1.807, 2.05) is 35.2 Å². The zero-order valence-corrected chi connectivity index (χ0v) is 18.9. The van der Waals surface area contributed by atoms with E-state index in [1.165, 1.54) is 6.07 Å². The smallest absolute Gasteiger partial charge is 0.230 e. The molecule has 2 unspecified atom stereocenters. The standard InChI is InChI=1S/C27H31FN2O2/c1-29(2)26(32)27(16-17-30(19-27)25(31)20-10-4-3-5-11-20)18-21-12-6-7-13-22(21)23-14-8-9-15-24(23)28/h3-4,6-9,12-15,20H,5,10-11,16-19H2,1-2H3. The van der Waals surface area contributed by atoms with E-state index in [1.54, 1.807) is 31.1 Å². The quantitative estimate of drug-likeness (QED) is 0.640. The van der Waals surface area contributed by atoms with Crippen molar-refractivity contribution in [2.45, 2.75) is 32.1 Å². The Balaban J connectivity index is 1.65. The van der Waals surface area contributed by atoms with Crippen molar-refractivity contribution in [3.05, 3.63) is 72.1 Å². The summed E-state index contributed by atoms with van der Waals surface area (Å²) in [5.41, 5.74) is 1.57. The van der Waals surface area contributed by atoms with Crippen molar-refractivity contribution in [1.29, 1.82) is 0 Å². The number of nitrogens with zero attached hydrogens (tertiary/aromatic N) is 2. The fourth-order valence-electron chi connectivity index (χ4n) is 5.19. The fourth-order valence-corrected chi connectivity index (χ4v) is 5.19. The number of allylic oxidation sites excluding steroid dienone is 2. The monoisotopic (exact) mass is 434 g/mol. The minimum atomic E-state index is -0.703. The van der Waals surface area contributed by atoms with Gasteiger partial charge in [-0.2, -0.15) is 0 Å². The summed E-state index contributed by atoms with van der Waals surface area (Å²) in [5.74, 6) is -0.0812. The lowest BCUT2D eigenvalue weighted by Crippen LogP contribution is -2.45. The van der Waals surface area contributed by atoms with Gasteiger partial charge in [0.25, 0.3) is 0 Å². The Morgan fingerprint density at radius 2 is 1.78 bits per heavy atom. The first kappa shape index (κ1) is 22.3. The molecule has 168 valence electrons. The maximum absolute atomic E-state index is 14.6. The van der Waals surface area contributed by atoms with Crippen LogP contribution in [0.4, 0.5) is 4.39 Å². The van der Waals surface area contributed by atoms with Crippen molar-refractivity contribution < 1.29 is 14.0 Å². The molecule has 1 saturated heterocycles. The van der Waals surface area contributed by atoms with Gasteiger partial charge in [-0.25, -0.2) is 4.39 Å². The maximum Gasteiger partial charge on any atom is 0.230 e. The van der Waals surface area contributed by atoms with Crippen LogP contribution in [0.2, 0.25) is 0 Å². The van der Waals surface area contributed by atoms with E-state index in [9.17, 15) is 14.0 Å². The Hall–Kier alpha value is -2.95. The van der Waals surface area contributed by atoms with E-state index in [0.717, 1.165) is 30.4 Å². The second kappa shape index (κ2) is 9.27. The van der Waals surface area contributed by atoms with E-state index in [4.69, 9.17) is 0 Å². The Morgan fingerprint density at radius 1 is 1.06 bits per heavy atom. The molecule has 0 bridgehead atoms. The number of carbonyl (C=O) groups is 2. The highest BCUT2D eigenvalue weighted by Crippen LogP contribution is 2.40. The lowest BCUT2D eigenvalue weighted by atomic mass is 9.77. The molecule has 2 aliphatic rings. The second-order valence-corrected chi connectivity index (χ2v) is 9.28. The molecular formula is C27H31FN2O2. The molecule has 32 heavy (non-hydrogen) atoms. The van der Waals surface area contributed by atoms with Crippen LogP contribution in [0.15, 0.2) is 60.7 Å². The number of amides is 2. The first-order valence-corrected chi connectivity index (χ1v) is 11.4. The molecule has 0 saturated carbocycles. The van der Waals surface area contributed by atoms with E-state index in [0.29, 0.717) is 31.5 Å². The molecule has 0 radical (unpaired) electrons. The fraction of sp³-hybridized carbons (Fsp3) is 0.407. The van der Waals surface area contributed by atoms with Crippen molar-refractivity contribution in [3.8, 4) is 11.1 Å². The van der Waals surface area contributed by atoms with Crippen molar-refractivity contribution in [1.82, 2.24) is 9.80 Å². The third-order valence-electron chi connectivity index (χ3n) is 6.85. The van der Waals surface area contributed by atoms with Crippen molar-refractivity contribution in [3.63, 3.8) is 0 Å². The van der Waals surface area contributed by atoms with Gasteiger partial charge in [0.1, 0.15) is 5.82 Å². The molecule has 0 aromatic heterocycles. The Morgan fingerprint density at radius 3 is 2.47 bits per heavy atom. The summed E-state index contributed by atoms with van der Waals surface area (Å²) in [6.07, 6.45) is 7.89. The van der Waals surface area contributed by atoms with Gasteiger partial charge < -0.3 is 9.80 Å². The van der Waals surface area contributed by atoms with Gasteiger partial charge in [0.05, 0.1) is 5.41 Å². The molecule has 2 aromatic rings. The molecular weight excluding hydrogens is 403 g/mol. The molecule has 4 nitrogen and oxygen atoms in total. The third kappa shape index (κ3) is 4.34. The first-order valence-electron chi connectivity index (χ1n) is 11.4. The van der Waals surface area contributed by atoms with E-state index >= 15 is 0 Å². The zero-order chi connectivity index (χ0) is 22.7. The number of hydrogen-bond donors (Lipinski definition) is 0. The molecule has 4 rings (SSSR count). The molecule has 2 atom stereocenters. The molecule has 0 spiro atoms. The van der Waals surface area contributed by atoms with Crippen LogP contribution in [0.3, 0.4) is 0 Å². The molecule has 5 heteroatoms. The molecule has 2 aromatic carbocycles. The Bertz CT molecular complexity index is 1030. The summed E-state index contributed by atoms with van der Waals surface area (Å²) in [4.78, 5) is 30.1. The molecule has 2 amide bonds. The number of carbonyl (C=O) groups excluding carboxylic acids is 2. The highest BCUT2D eigenvalue weighted by Gasteiger charge is 2.47. The van der Waals surface area contributed by atoms with Crippen molar-refractivity contribution in [2.24, 2.45) is 11.3 Å². The van der Waals surface area contributed by atoms with Gasteiger partial charge in [0.2, 0.25) is 11.8 Å². The van der Waals surface area contributed by atoms with Gasteiger partial charge in [-0.05, 0) is 49.3 Å². The normalized spacial score (nSPS) is 22.7. The number of hydrogen-bond acceptors (Lipinski definition) is 2. The molecule has 1 heterocycles. The average Bonchev–Trinajstić information content (AvgIpc) is 3.24. The van der Waals surface area contributed by atoms with Crippen molar-refractivity contribution >= 4 is 11.8 Å². The van der Waals surface area contributed by atoms with Crippen LogP contribution in [0.1, 0.15) is 31.2 Å². The maximum atomic E-state index is 14.6. The van der Waals surface area contributed by atoms with Crippen LogP contribution in [-0.4, -0.2) is 48.8 Å². The topological polar surface area (TPSA) is 40.6 Å². The van der Waals surface area contributed by atoms with E-state index < -0.39 is 5.41 Å². The lowest BCUT2D eigenvalue weighted by Gasteiger charge is -2.32.